The Balaban J connectivity index is 1.78. The second-order valence-electron chi connectivity index (χ2n) is 6.53. The maximum atomic E-state index is 12.5. The SMILES string of the molecule is Cc1sc2nc(C(C)N(C)Cc3ccc(OC(F)F)cc3)[nH]c(=O)c2c1C. The number of H-pyrrole nitrogens is 1. The minimum atomic E-state index is -2.83. The predicted octanol–water partition coefficient (Wildman–Crippen LogP) is 4.40. The number of aromatic amines is 1. The first-order valence-electron chi connectivity index (χ1n) is 8.50. The van der Waals surface area contributed by atoms with Crippen LogP contribution in [0.25, 0.3) is 10.2 Å². The van der Waals surface area contributed by atoms with Crippen molar-refractivity contribution in [3.8, 4) is 5.75 Å². The number of aryl methyl sites for hydroxylation is 2. The van der Waals surface area contributed by atoms with Gasteiger partial charge in [0.1, 0.15) is 16.4 Å². The van der Waals surface area contributed by atoms with Crippen LogP contribution in [0.1, 0.15) is 34.8 Å². The fourth-order valence-corrected chi connectivity index (χ4v) is 3.92. The molecule has 0 fully saturated rings. The smallest absolute Gasteiger partial charge is 0.387 e. The number of nitrogens with zero attached hydrogens (tertiary/aromatic N) is 2. The summed E-state index contributed by atoms with van der Waals surface area (Å²) in [6.07, 6.45) is 0. The van der Waals surface area contributed by atoms with Crippen LogP contribution in [0.3, 0.4) is 0 Å². The number of aromatic nitrogens is 2. The number of alkyl halides is 2. The zero-order valence-corrected chi connectivity index (χ0v) is 16.4. The van der Waals surface area contributed by atoms with E-state index in [0.717, 1.165) is 20.8 Å². The van der Waals surface area contributed by atoms with Crippen molar-refractivity contribution < 1.29 is 13.5 Å². The molecule has 0 spiro atoms. The van der Waals surface area contributed by atoms with E-state index >= 15 is 0 Å². The summed E-state index contributed by atoms with van der Waals surface area (Å²) in [6.45, 7) is 3.62. The van der Waals surface area contributed by atoms with Gasteiger partial charge in [0.2, 0.25) is 0 Å². The van der Waals surface area contributed by atoms with Gasteiger partial charge in [0.05, 0.1) is 11.4 Å². The Hall–Kier alpha value is -2.32. The second-order valence-corrected chi connectivity index (χ2v) is 7.73. The number of ether oxygens (including phenoxy) is 1. The van der Waals surface area contributed by atoms with Crippen molar-refractivity contribution >= 4 is 21.6 Å². The molecule has 0 amide bonds. The highest BCUT2D eigenvalue weighted by Gasteiger charge is 2.18. The lowest BCUT2D eigenvalue weighted by Crippen LogP contribution is -2.25. The van der Waals surface area contributed by atoms with Gasteiger partial charge in [0.15, 0.2) is 0 Å². The van der Waals surface area contributed by atoms with Gasteiger partial charge in [-0.3, -0.25) is 9.69 Å². The average Bonchev–Trinajstić information content (AvgIpc) is 2.90. The van der Waals surface area contributed by atoms with Crippen LogP contribution in [0.5, 0.6) is 5.75 Å². The highest BCUT2D eigenvalue weighted by Crippen LogP contribution is 2.27. The molecule has 1 atom stereocenters. The molecule has 3 rings (SSSR count). The fourth-order valence-electron chi connectivity index (χ4n) is 2.88. The molecule has 1 aromatic carbocycles. The molecule has 0 aliphatic rings. The molecular weight excluding hydrogens is 372 g/mol. The van der Waals surface area contributed by atoms with Crippen LogP contribution in [-0.2, 0) is 6.54 Å². The van der Waals surface area contributed by atoms with E-state index in [9.17, 15) is 13.6 Å². The second kappa shape index (κ2) is 7.74. The maximum Gasteiger partial charge on any atom is 0.387 e. The molecule has 0 aliphatic heterocycles. The van der Waals surface area contributed by atoms with Crippen LogP contribution < -0.4 is 10.3 Å². The largest absolute Gasteiger partial charge is 0.435 e. The Kier molecular flexibility index (Phi) is 5.57. The third-order valence-electron chi connectivity index (χ3n) is 4.69. The molecular formula is C19H21F2N3O2S. The summed E-state index contributed by atoms with van der Waals surface area (Å²) in [4.78, 5) is 23.9. The lowest BCUT2D eigenvalue weighted by molar-refractivity contribution is -0.0498. The number of nitrogens with one attached hydrogen (secondary N) is 1. The Morgan fingerprint density at radius 3 is 2.56 bits per heavy atom. The van der Waals surface area contributed by atoms with Crippen molar-refractivity contribution in [2.45, 2.75) is 40.0 Å². The zero-order chi connectivity index (χ0) is 19.7. The summed E-state index contributed by atoms with van der Waals surface area (Å²) >= 11 is 1.52. The van der Waals surface area contributed by atoms with E-state index in [0.29, 0.717) is 17.8 Å². The van der Waals surface area contributed by atoms with Crippen molar-refractivity contribution in [3.63, 3.8) is 0 Å². The standard InChI is InChI=1S/C19H21F2N3O2S/c1-10-12(3)27-18-15(10)17(25)22-16(23-18)11(2)24(4)9-13-5-7-14(8-6-13)26-19(20)21/h5-8,11,19H,9H2,1-4H3,(H,22,23,25). The van der Waals surface area contributed by atoms with E-state index in [1.54, 1.807) is 12.1 Å². The van der Waals surface area contributed by atoms with Crippen molar-refractivity contribution in [2.75, 3.05) is 7.05 Å². The molecule has 0 saturated carbocycles. The van der Waals surface area contributed by atoms with E-state index < -0.39 is 6.61 Å². The summed E-state index contributed by atoms with van der Waals surface area (Å²) in [5.74, 6) is 0.734. The van der Waals surface area contributed by atoms with Crippen molar-refractivity contribution in [1.29, 1.82) is 0 Å². The van der Waals surface area contributed by atoms with Crippen LogP contribution in [0.4, 0.5) is 8.78 Å². The molecule has 0 saturated heterocycles. The van der Waals surface area contributed by atoms with E-state index in [-0.39, 0.29) is 17.4 Å². The van der Waals surface area contributed by atoms with Crippen molar-refractivity contribution in [1.82, 2.24) is 14.9 Å². The van der Waals surface area contributed by atoms with Crippen molar-refractivity contribution in [2.24, 2.45) is 0 Å². The monoisotopic (exact) mass is 393 g/mol. The molecule has 5 nitrogen and oxygen atoms in total. The number of thiophene rings is 1. The normalized spacial score (nSPS) is 12.9. The van der Waals surface area contributed by atoms with Crippen LogP contribution in [0.15, 0.2) is 29.1 Å². The van der Waals surface area contributed by atoms with Gasteiger partial charge in [-0.1, -0.05) is 12.1 Å². The first-order valence-corrected chi connectivity index (χ1v) is 9.31. The van der Waals surface area contributed by atoms with Gasteiger partial charge in [0.25, 0.3) is 5.56 Å². The van der Waals surface area contributed by atoms with E-state index in [4.69, 9.17) is 0 Å². The summed E-state index contributed by atoms with van der Waals surface area (Å²) in [7, 11) is 1.92. The molecule has 8 heteroatoms. The van der Waals surface area contributed by atoms with Crippen LogP contribution in [0, 0.1) is 13.8 Å². The first kappa shape index (κ1) is 19.4. The molecule has 2 aromatic heterocycles. The highest BCUT2D eigenvalue weighted by atomic mass is 32.1. The van der Waals surface area contributed by atoms with Gasteiger partial charge in [-0.2, -0.15) is 8.78 Å². The summed E-state index contributed by atoms with van der Waals surface area (Å²) in [6, 6.07) is 6.40. The Labute approximate surface area is 159 Å². The zero-order valence-electron chi connectivity index (χ0n) is 15.5. The molecule has 3 aromatic rings. The Bertz CT molecular complexity index is 999. The minimum Gasteiger partial charge on any atom is -0.435 e. The van der Waals surface area contributed by atoms with Gasteiger partial charge >= 0.3 is 6.61 Å². The molecule has 27 heavy (non-hydrogen) atoms. The number of benzene rings is 1. The maximum absolute atomic E-state index is 12.5. The molecule has 0 radical (unpaired) electrons. The number of hydrogen-bond acceptors (Lipinski definition) is 5. The summed E-state index contributed by atoms with van der Waals surface area (Å²) in [5.41, 5.74) is 1.80. The first-order chi connectivity index (χ1) is 12.8. The predicted molar refractivity (Wildman–Crippen MR) is 103 cm³/mol. The molecule has 1 N–H and O–H groups in total. The van der Waals surface area contributed by atoms with E-state index in [1.807, 2.05) is 32.7 Å². The van der Waals surface area contributed by atoms with E-state index in [1.165, 1.54) is 23.5 Å². The number of hydrogen-bond donors (Lipinski definition) is 1. The third-order valence-corrected chi connectivity index (χ3v) is 5.80. The van der Waals surface area contributed by atoms with Crippen LogP contribution >= 0.6 is 11.3 Å². The Morgan fingerprint density at radius 2 is 1.93 bits per heavy atom. The topological polar surface area (TPSA) is 58.2 Å². The Morgan fingerprint density at radius 1 is 1.26 bits per heavy atom. The van der Waals surface area contributed by atoms with E-state index in [2.05, 4.69) is 14.7 Å². The molecule has 144 valence electrons. The lowest BCUT2D eigenvalue weighted by Gasteiger charge is -2.24. The average molecular weight is 393 g/mol. The molecule has 1 unspecified atom stereocenters. The number of fused-ring (bicyclic) bond motifs is 1. The number of rotatable bonds is 6. The fraction of sp³-hybridized carbons (Fsp3) is 0.368. The third kappa shape index (κ3) is 4.17. The number of halogens is 2. The van der Waals surface area contributed by atoms with Gasteiger partial charge in [0, 0.05) is 11.4 Å². The molecule has 0 aliphatic carbocycles. The van der Waals surface area contributed by atoms with Crippen molar-refractivity contribution in [3.05, 3.63) is 56.4 Å². The summed E-state index contributed by atoms with van der Waals surface area (Å²) in [5, 5.41) is 0.658. The van der Waals surface area contributed by atoms with Crippen LogP contribution in [-0.4, -0.2) is 28.5 Å². The minimum absolute atomic E-state index is 0.120. The highest BCUT2D eigenvalue weighted by molar-refractivity contribution is 7.18. The molecule has 0 bridgehead atoms. The lowest BCUT2D eigenvalue weighted by atomic mass is 10.1. The molecule has 2 heterocycles. The quantitative estimate of drug-likeness (QED) is 0.675. The van der Waals surface area contributed by atoms with Gasteiger partial charge in [-0.05, 0) is 51.1 Å². The van der Waals surface area contributed by atoms with Crippen LogP contribution in [0.2, 0.25) is 0 Å². The summed E-state index contributed by atoms with van der Waals surface area (Å²) < 4.78 is 28.8. The van der Waals surface area contributed by atoms with Gasteiger partial charge < -0.3 is 9.72 Å². The van der Waals surface area contributed by atoms with Gasteiger partial charge in [-0.15, -0.1) is 11.3 Å². The van der Waals surface area contributed by atoms with Gasteiger partial charge in [-0.25, -0.2) is 4.98 Å².